The zero-order valence-electron chi connectivity index (χ0n) is 24.0. The maximum absolute atomic E-state index is 13.0. The zero-order chi connectivity index (χ0) is 26.7. The Kier molecular flexibility index (Phi) is 14.0. The van der Waals surface area contributed by atoms with Gasteiger partial charge in [0.2, 0.25) is 0 Å². The van der Waals surface area contributed by atoms with Crippen LogP contribution in [0, 0.1) is 11.8 Å². The van der Waals surface area contributed by atoms with Crippen LogP contribution in [0.3, 0.4) is 0 Å². The summed E-state index contributed by atoms with van der Waals surface area (Å²) in [5.41, 5.74) is -0.177. The minimum Gasteiger partial charge on any atom is -0.469 e. The summed E-state index contributed by atoms with van der Waals surface area (Å²) in [6.07, 6.45) is 27.5. The van der Waals surface area contributed by atoms with Crippen molar-refractivity contribution in [1.29, 1.82) is 0 Å². The van der Waals surface area contributed by atoms with Crippen LogP contribution in [0.15, 0.2) is 12.2 Å². The highest BCUT2D eigenvalue weighted by molar-refractivity contribution is 8.28. The van der Waals surface area contributed by atoms with Crippen LogP contribution in [0.4, 0.5) is 0 Å². The second-order valence-corrected chi connectivity index (χ2v) is 19.0. The number of hydrogen-bond acceptors (Lipinski definition) is 5. The van der Waals surface area contributed by atoms with Crippen molar-refractivity contribution in [2.75, 3.05) is 44.6 Å². The van der Waals surface area contributed by atoms with Gasteiger partial charge in [-0.05, 0) is 70.1 Å². The largest absolute Gasteiger partial charge is 0.469 e. The highest BCUT2D eigenvalue weighted by Crippen LogP contribution is 2.47. The van der Waals surface area contributed by atoms with E-state index in [-0.39, 0.29) is 29.5 Å². The Morgan fingerprint density at radius 1 is 1.03 bits per heavy atom. The molecule has 1 unspecified atom stereocenters. The highest BCUT2D eigenvalue weighted by Gasteiger charge is 2.42. The molecule has 1 aliphatic rings. The summed E-state index contributed by atoms with van der Waals surface area (Å²) < 4.78 is 17.8. The topological polar surface area (TPSA) is 61.8 Å². The number of carbonyl (C=O) groups is 2. The number of methoxy groups -OCH3 is 1. The number of ketones is 1. The van der Waals surface area contributed by atoms with Gasteiger partial charge in [-0.25, -0.2) is 0 Å². The molecule has 0 amide bonds. The summed E-state index contributed by atoms with van der Waals surface area (Å²) in [6.45, 7) is 4.46. The number of hydrogen-bond donors (Lipinski definition) is 0. The van der Waals surface area contributed by atoms with Crippen LogP contribution >= 0.6 is 20.6 Å². The smallest absolute Gasteiger partial charge is 0.305 e. The molecule has 5 nitrogen and oxygen atoms in total. The number of carbonyl (C=O) groups excluding carboxylic acids is 2. The Hall–Kier alpha value is -0.500. The van der Waals surface area contributed by atoms with E-state index in [9.17, 15) is 9.59 Å². The highest BCUT2D eigenvalue weighted by atomic mass is 32.3. The van der Waals surface area contributed by atoms with Gasteiger partial charge in [-0.15, -0.1) is 20.6 Å². The van der Waals surface area contributed by atoms with E-state index in [4.69, 9.17) is 13.1 Å². The molecule has 0 radical (unpaired) electrons. The average molecular weight is 535 g/mol. The van der Waals surface area contributed by atoms with E-state index in [2.05, 4.69) is 63.5 Å². The van der Waals surface area contributed by atoms with Crippen LogP contribution in [-0.4, -0.2) is 68.1 Å². The second-order valence-electron chi connectivity index (χ2n) is 11.7. The van der Waals surface area contributed by atoms with Crippen LogP contribution in [0.1, 0.15) is 84.5 Å². The molecule has 0 aromatic heterocycles. The van der Waals surface area contributed by atoms with Crippen LogP contribution < -0.4 is 0 Å². The number of unbranched alkanes of at least 4 members (excludes halogenated alkanes) is 4. The maximum Gasteiger partial charge on any atom is 0.305 e. The lowest BCUT2D eigenvalue weighted by atomic mass is 9.87. The van der Waals surface area contributed by atoms with Gasteiger partial charge in [-0.3, -0.25) is 9.59 Å². The average Bonchev–Trinajstić information content (AvgIpc) is 3.00. The van der Waals surface area contributed by atoms with Crippen LogP contribution in [0.5, 0.6) is 0 Å². The van der Waals surface area contributed by atoms with Crippen molar-refractivity contribution in [3.63, 3.8) is 0 Å². The van der Waals surface area contributed by atoms with Crippen molar-refractivity contribution >= 4 is 32.4 Å². The van der Waals surface area contributed by atoms with Gasteiger partial charge >= 0.3 is 5.97 Å². The minimum atomic E-state index is -1.17. The first kappa shape index (κ1) is 32.5. The fraction of sp³-hybridized carbons (Fsp3) is 0.857. The van der Waals surface area contributed by atoms with Crippen LogP contribution in [-0.2, 0) is 22.7 Å². The Balaban J connectivity index is 2.86. The lowest BCUT2D eigenvalue weighted by Crippen LogP contribution is -2.29. The van der Waals surface area contributed by atoms with Crippen molar-refractivity contribution in [2.45, 2.75) is 96.2 Å². The first-order valence-electron chi connectivity index (χ1n) is 13.2. The first-order chi connectivity index (χ1) is 16.2. The predicted octanol–water partition coefficient (Wildman–Crippen LogP) is 7.22. The fourth-order valence-electron chi connectivity index (χ4n) is 4.94. The Labute approximate surface area is 219 Å². The molecule has 35 heavy (non-hydrogen) atoms. The van der Waals surface area contributed by atoms with Gasteiger partial charge in [0.25, 0.3) is 0 Å². The first-order valence-corrected chi connectivity index (χ1v) is 18.8. The standard InChI is InChI=1S/C28H54O5S2/c1-10-11-20-28(2,33-35(7,8)9)21-16-18-24-23(17-14-12-13-15-19-27(30)31-3)25(29)22-26(24)32-34(4,5)6/h16,18,23-24,26H,10-15,17,19-22H2,1-9H3/b18-16+/t23-,24-,26-,28?/m1/s1. The number of ether oxygens (including phenoxy) is 1. The third-order valence-corrected chi connectivity index (χ3v) is 8.14. The molecule has 0 aromatic carbocycles. The normalized spacial score (nSPS) is 24.0. The summed E-state index contributed by atoms with van der Waals surface area (Å²) in [5, 5.41) is 0. The molecule has 0 bridgehead atoms. The van der Waals surface area contributed by atoms with E-state index in [0.29, 0.717) is 18.6 Å². The lowest BCUT2D eigenvalue weighted by molar-refractivity contribution is -0.140. The van der Waals surface area contributed by atoms with Gasteiger partial charge in [0.1, 0.15) is 5.78 Å². The van der Waals surface area contributed by atoms with Gasteiger partial charge in [0, 0.05) is 24.7 Å². The van der Waals surface area contributed by atoms with E-state index >= 15 is 0 Å². The minimum absolute atomic E-state index is 0.0228. The van der Waals surface area contributed by atoms with Crippen LogP contribution in [0.2, 0.25) is 0 Å². The summed E-state index contributed by atoms with van der Waals surface area (Å²) in [4.78, 5) is 24.3. The molecular formula is C28H54O5S2. The van der Waals surface area contributed by atoms with Crippen molar-refractivity contribution in [2.24, 2.45) is 11.8 Å². The molecule has 0 aliphatic heterocycles. The third kappa shape index (κ3) is 13.6. The molecule has 1 saturated carbocycles. The molecule has 1 rings (SSSR count). The van der Waals surface area contributed by atoms with Crippen molar-refractivity contribution in [1.82, 2.24) is 0 Å². The Morgan fingerprint density at radius 3 is 2.26 bits per heavy atom. The molecule has 208 valence electrons. The van der Waals surface area contributed by atoms with E-state index in [1.54, 1.807) is 0 Å². The predicted molar refractivity (Wildman–Crippen MR) is 155 cm³/mol. The summed E-state index contributed by atoms with van der Waals surface area (Å²) in [5.74, 6) is 0.345. The summed E-state index contributed by atoms with van der Waals surface area (Å²) in [6, 6.07) is 0. The molecule has 0 N–H and O–H groups in total. The molecule has 7 heteroatoms. The monoisotopic (exact) mass is 534 g/mol. The molecule has 0 heterocycles. The molecular weight excluding hydrogens is 480 g/mol. The van der Waals surface area contributed by atoms with E-state index in [1.807, 2.05) is 0 Å². The van der Waals surface area contributed by atoms with Gasteiger partial charge < -0.3 is 13.1 Å². The lowest BCUT2D eigenvalue weighted by Gasteiger charge is -2.39. The third-order valence-electron chi connectivity index (χ3n) is 6.41. The number of rotatable bonds is 17. The van der Waals surface area contributed by atoms with E-state index in [1.165, 1.54) is 7.11 Å². The maximum atomic E-state index is 13.0. The second kappa shape index (κ2) is 15.0. The molecule has 0 aromatic rings. The molecule has 0 spiro atoms. The summed E-state index contributed by atoms with van der Waals surface area (Å²) >= 11 is 0. The van der Waals surface area contributed by atoms with Gasteiger partial charge in [-0.2, -0.15) is 0 Å². The van der Waals surface area contributed by atoms with Crippen molar-refractivity contribution in [3.8, 4) is 0 Å². The SMILES string of the molecule is CCCCC(C)(C/C=C/[C@H]1[C@H](OS(C)(C)C)CC(=O)[C@@H]1CCCCCCC(=O)OC)OS(C)(C)C. The molecule has 0 saturated heterocycles. The molecule has 4 atom stereocenters. The van der Waals surface area contributed by atoms with Crippen LogP contribution in [0.25, 0.3) is 0 Å². The van der Waals surface area contributed by atoms with E-state index < -0.39 is 20.6 Å². The van der Waals surface area contributed by atoms with Gasteiger partial charge in [0.05, 0.1) is 18.8 Å². The Bertz CT molecular complexity index is 680. The van der Waals surface area contributed by atoms with Crippen molar-refractivity contribution in [3.05, 3.63) is 12.2 Å². The van der Waals surface area contributed by atoms with Crippen molar-refractivity contribution < 1.29 is 22.7 Å². The molecule has 1 fully saturated rings. The number of Topliss-reactive ketones (excluding diaryl/α,β-unsaturated/α-hetero) is 1. The van der Waals surface area contributed by atoms with E-state index in [0.717, 1.165) is 57.8 Å². The zero-order valence-corrected chi connectivity index (χ0v) is 25.7. The van der Waals surface area contributed by atoms with Gasteiger partial charge in [-0.1, -0.05) is 51.2 Å². The number of esters is 1. The summed E-state index contributed by atoms with van der Waals surface area (Å²) in [7, 11) is -0.820. The van der Waals surface area contributed by atoms with Gasteiger partial charge in [0.15, 0.2) is 0 Å². The quantitative estimate of drug-likeness (QED) is 0.112. The Morgan fingerprint density at radius 2 is 1.69 bits per heavy atom. The fourth-order valence-corrected chi connectivity index (χ4v) is 7.23. The molecule has 1 aliphatic carbocycles.